The van der Waals surface area contributed by atoms with E-state index < -0.39 is 9.84 Å². The third kappa shape index (κ3) is 3.54. The molecule has 1 aliphatic rings. The van der Waals surface area contributed by atoms with E-state index in [1.54, 1.807) is 0 Å². The fourth-order valence-corrected chi connectivity index (χ4v) is 3.01. The van der Waals surface area contributed by atoms with E-state index in [0.29, 0.717) is 0 Å². The summed E-state index contributed by atoms with van der Waals surface area (Å²) in [5, 5.41) is 3.37. The van der Waals surface area contributed by atoms with Crippen molar-refractivity contribution in [2.45, 2.75) is 25.8 Å². The van der Waals surface area contributed by atoms with Crippen LogP contribution in [0.25, 0.3) is 0 Å². The van der Waals surface area contributed by atoms with Crippen LogP contribution >= 0.6 is 0 Å². The van der Waals surface area contributed by atoms with Crippen molar-refractivity contribution < 1.29 is 8.42 Å². The van der Waals surface area contributed by atoms with Crippen molar-refractivity contribution in [1.82, 2.24) is 5.32 Å². The van der Waals surface area contributed by atoms with Crippen molar-refractivity contribution in [2.24, 2.45) is 0 Å². The van der Waals surface area contributed by atoms with Crippen LogP contribution in [0, 0.1) is 0 Å². The van der Waals surface area contributed by atoms with Crippen LogP contribution in [0.2, 0.25) is 0 Å². The van der Waals surface area contributed by atoms with E-state index >= 15 is 0 Å². The lowest BCUT2D eigenvalue weighted by atomic mass is 9.94. The molecule has 2 rings (SSSR count). The Labute approximate surface area is 103 Å². The molecule has 0 saturated carbocycles. The van der Waals surface area contributed by atoms with Gasteiger partial charge in [0.15, 0.2) is 0 Å². The van der Waals surface area contributed by atoms with Crippen molar-refractivity contribution in [1.29, 1.82) is 0 Å². The minimum Gasteiger partial charge on any atom is -0.312 e. The molecule has 3 nitrogen and oxygen atoms in total. The average molecular weight is 253 g/mol. The normalized spacial score (nSPS) is 15.6. The van der Waals surface area contributed by atoms with E-state index in [4.69, 9.17) is 0 Å². The second kappa shape index (κ2) is 5.19. The molecule has 1 aromatic rings. The molecule has 1 aliphatic heterocycles. The van der Waals surface area contributed by atoms with Crippen molar-refractivity contribution in [2.75, 3.05) is 18.6 Å². The molecule has 0 unspecified atom stereocenters. The van der Waals surface area contributed by atoms with Gasteiger partial charge in [-0.05, 0) is 42.5 Å². The van der Waals surface area contributed by atoms with Gasteiger partial charge in [-0.1, -0.05) is 18.2 Å². The number of aryl methyl sites for hydroxylation is 1. The standard InChI is InChI=1S/C13H19NO2S/c1-17(15,16)9-3-6-11-4-2-5-12-7-8-14-10-13(11)12/h2,4-5,14H,3,6-10H2,1H3. The second-order valence-corrected chi connectivity index (χ2v) is 6.97. The van der Waals surface area contributed by atoms with E-state index in [0.717, 1.165) is 32.4 Å². The number of benzene rings is 1. The van der Waals surface area contributed by atoms with Gasteiger partial charge in [0, 0.05) is 12.8 Å². The Bertz CT molecular complexity index is 494. The largest absolute Gasteiger partial charge is 0.312 e. The first-order valence-electron chi connectivity index (χ1n) is 6.04. The molecular formula is C13H19NO2S. The van der Waals surface area contributed by atoms with Crippen molar-refractivity contribution >= 4 is 9.84 Å². The van der Waals surface area contributed by atoms with Crippen LogP contribution in [0.3, 0.4) is 0 Å². The monoisotopic (exact) mass is 253 g/mol. The number of sulfone groups is 1. The number of hydrogen-bond donors (Lipinski definition) is 1. The summed E-state index contributed by atoms with van der Waals surface area (Å²) in [6.07, 6.45) is 3.96. The van der Waals surface area contributed by atoms with Gasteiger partial charge in [0.05, 0.1) is 5.75 Å². The van der Waals surface area contributed by atoms with Gasteiger partial charge in [0.25, 0.3) is 0 Å². The average Bonchev–Trinajstić information content (AvgIpc) is 2.28. The molecule has 1 N–H and O–H groups in total. The third-order valence-electron chi connectivity index (χ3n) is 3.20. The minimum absolute atomic E-state index is 0.282. The predicted octanol–water partition coefficient (Wildman–Crippen LogP) is 1.31. The first-order chi connectivity index (χ1) is 8.06. The van der Waals surface area contributed by atoms with Crippen LogP contribution in [-0.4, -0.2) is 27.0 Å². The second-order valence-electron chi connectivity index (χ2n) is 4.72. The molecule has 1 heterocycles. The van der Waals surface area contributed by atoms with Crippen LogP contribution in [0.4, 0.5) is 0 Å². The highest BCUT2D eigenvalue weighted by atomic mass is 32.2. The van der Waals surface area contributed by atoms with Gasteiger partial charge in [-0.2, -0.15) is 0 Å². The molecule has 0 aromatic heterocycles. The fraction of sp³-hybridized carbons (Fsp3) is 0.538. The Morgan fingerprint density at radius 1 is 1.35 bits per heavy atom. The molecule has 0 saturated heterocycles. The Hall–Kier alpha value is -0.870. The summed E-state index contributed by atoms with van der Waals surface area (Å²) in [5.41, 5.74) is 4.10. The van der Waals surface area contributed by atoms with Crippen molar-refractivity contribution in [3.8, 4) is 0 Å². The summed E-state index contributed by atoms with van der Waals surface area (Å²) < 4.78 is 22.2. The zero-order valence-electron chi connectivity index (χ0n) is 10.2. The highest BCUT2D eigenvalue weighted by Crippen LogP contribution is 2.19. The van der Waals surface area contributed by atoms with Gasteiger partial charge in [0.2, 0.25) is 0 Å². The number of rotatable bonds is 4. The zero-order chi connectivity index (χ0) is 12.3. The van der Waals surface area contributed by atoms with Gasteiger partial charge >= 0.3 is 0 Å². The van der Waals surface area contributed by atoms with Gasteiger partial charge in [-0.3, -0.25) is 0 Å². The third-order valence-corrected chi connectivity index (χ3v) is 4.23. The molecule has 0 aliphatic carbocycles. The predicted molar refractivity (Wildman–Crippen MR) is 69.9 cm³/mol. The van der Waals surface area contributed by atoms with E-state index in [1.165, 1.54) is 22.9 Å². The summed E-state index contributed by atoms with van der Waals surface area (Å²) >= 11 is 0. The van der Waals surface area contributed by atoms with Crippen LogP contribution in [0.15, 0.2) is 18.2 Å². The highest BCUT2D eigenvalue weighted by molar-refractivity contribution is 7.90. The Balaban J connectivity index is 2.06. The number of hydrogen-bond acceptors (Lipinski definition) is 3. The summed E-state index contributed by atoms with van der Waals surface area (Å²) in [7, 11) is -2.83. The Kier molecular flexibility index (Phi) is 3.84. The quantitative estimate of drug-likeness (QED) is 0.880. The highest BCUT2D eigenvalue weighted by Gasteiger charge is 2.12. The van der Waals surface area contributed by atoms with Gasteiger partial charge in [-0.15, -0.1) is 0 Å². The SMILES string of the molecule is CS(=O)(=O)CCCc1cccc2c1CNCC2. The van der Waals surface area contributed by atoms with Crippen LogP contribution in [0.5, 0.6) is 0 Å². The first-order valence-corrected chi connectivity index (χ1v) is 8.10. The molecule has 0 fully saturated rings. The molecule has 94 valence electrons. The lowest BCUT2D eigenvalue weighted by Gasteiger charge is -2.20. The van der Waals surface area contributed by atoms with Crippen molar-refractivity contribution in [3.63, 3.8) is 0 Å². The van der Waals surface area contributed by atoms with E-state index in [1.807, 2.05) is 0 Å². The molecule has 0 amide bonds. The van der Waals surface area contributed by atoms with E-state index in [-0.39, 0.29) is 5.75 Å². The molecule has 17 heavy (non-hydrogen) atoms. The van der Waals surface area contributed by atoms with Gasteiger partial charge < -0.3 is 5.32 Å². The molecular weight excluding hydrogens is 234 g/mol. The van der Waals surface area contributed by atoms with Gasteiger partial charge in [-0.25, -0.2) is 8.42 Å². The van der Waals surface area contributed by atoms with Crippen LogP contribution < -0.4 is 5.32 Å². The van der Waals surface area contributed by atoms with E-state index in [9.17, 15) is 8.42 Å². The lowest BCUT2D eigenvalue weighted by molar-refractivity contribution is 0.598. The topological polar surface area (TPSA) is 46.2 Å². The minimum atomic E-state index is -2.83. The maximum atomic E-state index is 11.1. The van der Waals surface area contributed by atoms with Gasteiger partial charge in [0.1, 0.15) is 9.84 Å². The Morgan fingerprint density at radius 3 is 2.94 bits per heavy atom. The molecule has 1 aromatic carbocycles. The first kappa shape index (κ1) is 12.6. The maximum absolute atomic E-state index is 11.1. The van der Waals surface area contributed by atoms with Crippen LogP contribution in [-0.2, 0) is 29.2 Å². The smallest absolute Gasteiger partial charge is 0.147 e. The molecule has 4 heteroatoms. The zero-order valence-corrected chi connectivity index (χ0v) is 11.0. The summed E-state index contributed by atoms with van der Waals surface area (Å²) in [4.78, 5) is 0. The number of fused-ring (bicyclic) bond motifs is 1. The number of nitrogens with one attached hydrogen (secondary N) is 1. The molecule has 0 spiro atoms. The summed E-state index contributed by atoms with van der Waals surface area (Å²) in [6, 6.07) is 6.38. The van der Waals surface area contributed by atoms with Crippen molar-refractivity contribution in [3.05, 3.63) is 34.9 Å². The maximum Gasteiger partial charge on any atom is 0.147 e. The fourth-order valence-electron chi connectivity index (χ4n) is 2.34. The van der Waals surface area contributed by atoms with Crippen LogP contribution in [0.1, 0.15) is 23.1 Å². The van der Waals surface area contributed by atoms with E-state index in [2.05, 4.69) is 23.5 Å². The lowest BCUT2D eigenvalue weighted by Crippen LogP contribution is -2.24. The molecule has 0 radical (unpaired) electrons. The summed E-state index contributed by atoms with van der Waals surface area (Å²) in [5.74, 6) is 0.282. The molecule has 0 bridgehead atoms. The summed E-state index contributed by atoms with van der Waals surface area (Å²) in [6.45, 7) is 1.96. The molecule has 0 atom stereocenters. The Morgan fingerprint density at radius 2 is 2.18 bits per heavy atom.